The summed E-state index contributed by atoms with van der Waals surface area (Å²) < 4.78 is 5.75. The third-order valence-electron chi connectivity index (χ3n) is 5.10. The van der Waals surface area contributed by atoms with E-state index in [-0.39, 0.29) is 24.0 Å². The fraction of sp³-hybridized carbons (Fsp3) is 0.632. The average Bonchev–Trinajstić information content (AvgIpc) is 2.58. The molecule has 1 fully saturated rings. The Labute approximate surface area is 162 Å². The molecule has 2 aliphatic rings. The van der Waals surface area contributed by atoms with Gasteiger partial charge in [0.1, 0.15) is 5.75 Å². The molecule has 5 heteroatoms. The van der Waals surface area contributed by atoms with Crippen LogP contribution >= 0.6 is 24.0 Å². The van der Waals surface area contributed by atoms with E-state index in [2.05, 4.69) is 40.7 Å². The van der Waals surface area contributed by atoms with Gasteiger partial charge in [0.25, 0.3) is 0 Å². The second-order valence-corrected chi connectivity index (χ2v) is 6.94. The van der Waals surface area contributed by atoms with Crippen LogP contribution in [-0.2, 0) is 0 Å². The molecule has 24 heavy (non-hydrogen) atoms. The Morgan fingerprint density at radius 3 is 2.88 bits per heavy atom. The molecule has 4 nitrogen and oxygen atoms in total. The number of halogens is 1. The van der Waals surface area contributed by atoms with Crippen LogP contribution in [0.25, 0.3) is 0 Å². The second kappa shape index (κ2) is 9.49. The summed E-state index contributed by atoms with van der Waals surface area (Å²) in [6.45, 7) is 4.06. The van der Waals surface area contributed by atoms with Gasteiger partial charge in [-0.3, -0.25) is 4.99 Å². The van der Waals surface area contributed by atoms with E-state index >= 15 is 0 Å². The summed E-state index contributed by atoms with van der Waals surface area (Å²) in [5.41, 5.74) is 1.31. The van der Waals surface area contributed by atoms with Gasteiger partial charge in [-0.25, -0.2) is 0 Å². The van der Waals surface area contributed by atoms with E-state index in [0.29, 0.717) is 12.0 Å². The molecule has 3 atom stereocenters. The Morgan fingerprint density at radius 2 is 2.08 bits per heavy atom. The molecule has 3 unspecified atom stereocenters. The van der Waals surface area contributed by atoms with Gasteiger partial charge >= 0.3 is 0 Å². The number of nitrogens with one attached hydrogen (secondary N) is 2. The van der Waals surface area contributed by atoms with Crippen molar-refractivity contribution in [1.29, 1.82) is 0 Å². The van der Waals surface area contributed by atoms with Gasteiger partial charge in [-0.1, -0.05) is 38.0 Å². The number of aliphatic imine (C=N–C) groups is 1. The molecule has 1 aliphatic carbocycles. The van der Waals surface area contributed by atoms with E-state index in [1.165, 1.54) is 31.2 Å². The first-order valence-electron chi connectivity index (χ1n) is 8.95. The zero-order valence-corrected chi connectivity index (χ0v) is 17.1. The van der Waals surface area contributed by atoms with Crippen molar-refractivity contribution in [2.75, 3.05) is 20.2 Å². The van der Waals surface area contributed by atoms with Crippen LogP contribution in [0.3, 0.4) is 0 Å². The van der Waals surface area contributed by atoms with E-state index in [9.17, 15) is 0 Å². The van der Waals surface area contributed by atoms with Gasteiger partial charge in [0, 0.05) is 25.6 Å². The molecule has 0 saturated heterocycles. The van der Waals surface area contributed by atoms with Crippen molar-refractivity contribution in [2.45, 2.75) is 51.0 Å². The predicted octanol–water partition coefficient (Wildman–Crippen LogP) is 3.91. The van der Waals surface area contributed by atoms with E-state index in [4.69, 9.17) is 4.74 Å². The first kappa shape index (κ1) is 19.3. The Hall–Kier alpha value is -0.980. The average molecular weight is 443 g/mol. The lowest BCUT2D eigenvalue weighted by Crippen LogP contribution is -2.46. The fourth-order valence-electron chi connectivity index (χ4n) is 3.80. The van der Waals surface area contributed by atoms with Gasteiger partial charge < -0.3 is 15.4 Å². The minimum atomic E-state index is 0. The topological polar surface area (TPSA) is 45.7 Å². The zero-order valence-electron chi connectivity index (χ0n) is 14.8. The minimum absolute atomic E-state index is 0. The summed E-state index contributed by atoms with van der Waals surface area (Å²) in [4.78, 5) is 4.41. The first-order chi connectivity index (χ1) is 11.3. The number of hydrogen-bond donors (Lipinski definition) is 2. The summed E-state index contributed by atoms with van der Waals surface area (Å²) >= 11 is 0. The smallest absolute Gasteiger partial charge is 0.191 e. The summed E-state index contributed by atoms with van der Waals surface area (Å²) in [6, 6.07) is 8.95. The van der Waals surface area contributed by atoms with Crippen molar-refractivity contribution < 1.29 is 4.74 Å². The molecule has 0 spiro atoms. The highest BCUT2D eigenvalue weighted by Crippen LogP contribution is 2.32. The van der Waals surface area contributed by atoms with Crippen LogP contribution < -0.4 is 15.4 Å². The largest absolute Gasteiger partial charge is 0.493 e. The van der Waals surface area contributed by atoms with Crippen LogP contribution in [0.5, 0.6) is 5.75 Å². The molecule has 1 aromatic rings. The number of nitrogens with zero attached hydrogens (tertiary/aromatic N) is 1. The lowest BCUT2D eigenvalue weighted by atomic mass is 9.87. The molecular weight excluding hydrogens is 413 g/mol. The number of fused-ring (bicyclic) bond motifs is 1. The number of benzene rings is 1. The van der Waals surface area contributed by atoms with E-state index in [1.807, 2.05) is 13.1 Å². The Morgan fingerprint density at radius 1 is 1.25 bits per heavy atom. The third kappa shape index (κ3) is 5.01. The molecule has 0 aromatic heterocycles. The predicted molar refractivity (Wildman–Crippen MR) is 111 cm³/mol. The maximum Gasteiger partial charge on any atom is 0.191 e. The zero-order chi connectivity index (χ0) is 16.1. The van der Waals surface area contributed by atoms with Crippen LogP contribution in [-0.4, -0.2) is 32.2 Å². The van der Waals surface area contributed by atoms with Crippen molar-refractivity contribution >= 4 is 29.9 Å². The summed E-state index contributed by atoms with van der Waals surface area (Å²) in [5.74, 6) is 3.29. The number of rotatable bonds is 3. The summed E-state index contributed by atoms with van der Waals surface area (Å²) in [6.07, 6.45) is 6.25. The van der Waals surface area contributed by atoms with E-state index in [0.717, 1.165) is 37.2 Å². The molecule has 1 aliphatic heterocycles. The van der Waals surface area contributed by atoms with Crippen LogP contribution in [0.4, 0.5) is 0 Å². The lowest BCUT2D eigenvalue weighted by Gasteiger charge is -2.30. The number of para-hydroxylation sites is 1. The number of ether oxygens (including phenoxy) is 1. The highest BCUT2D eigenvalue weighted by molar-refractivity contribution is 14.0. The molecule has 0 bridgehead atoms. The van der Waals surface area contributed by atoms with Gasteiger partial charge in [0.05, 0.1) is 6.61 Å². The fourth-order valence-corrected chi connectivity index (χ4v) is 3.80. The lowest BCUT2D eigenvalue weighted by molar-refractivity contribution is 0.266. The Kier molecular flexibility index (Phi) is 7.65. The van der Waals surface area contributed by atoms with Gasteiger partial charge in [-0.05, 0) is 36.8 Å². The summed E-state index contributed by atoms with van der Waals surface area (Å²) in [5, 5.41) is 7.13. The van der Waals surface area contributed by atoms with E-state index < -0.39 is 0 Å². The van der Waals surface area contributed by atoms with Crippen LogP contribution in [0, 0.1) is 5.92 Å². The molecule has 1 saturated carbocycles. The van der Waals surface area contributed by atoms with Crippen LogP contribution in [0.1, 0.15) is 50.5 Å². The number of guanidine groups is 1. The van der Waals surface area contributed by atoms with Gasteiger partial charge in [-0.2, -0.15) is 0 Å². The highest BCUT2D eigenvalue weighted by Gasteiger charge is 2.22. The minimum Gasteiger partial charge on any atom is -0.493 e. The van der Waals surface area contributed by atoms with Crippen molar-refractivity contribution in [3.63, 3.8) is 0 Å². The maximum absolute atomic E-state index is 5.75. The van der Waals surface area contributed by atoms with Crippen LogP contribution in [0.15, 0.2) is 29.3 Å². The van der Waals surface area contributed by atoms with E-state index in [1.54, 1.807) is 0 Å². The normalized spacial score (nSPS) is 26.6. The van der Waals surface area contributed by atoms with Crippen LogP contribution in [0.2, 0.25) is 0 Å². The van der Waals surface area contributed by atoms with Crippen molar-refractivity contribution in [3.05, 3.63) is 29.8 Å². The highest BCUT2D eigenvalue weighted by atomic mass is 127. The molecule has 1 heterocycles. The molecule has 3 rings (SSSR count). The number of hydrogen-bond acceptors (Lipinski definition) is 2. The molecule has 2 N–H and O–H groups in total. The Bertz CT molecular complexity index is 549. The van der Waals surface area contributed by atoms with Crippen molar-refractivity contribution in [3.8, 4) is 5.75 Å². The summed E-state index contributed by atoms with van der Waals surface area (Å²) in [7, 11) is 1.86. The quantitative estimate of drug-likeness (QED) is 0.423. The Balaban J connectivity index is 0.00000208. The second-order valence-electron chi connectivity index (χ2n) is 6.94. The maximum atomic E-state index is 5.75. The third-order valence-corrected chi connectivity index (χ3v) is 5.10. The monoisotopic (exact) mass is 443 g/mol. The molecule has 0 radical (unpaired) electrons. The molecular formula is C19H30IN3O. The van der Waals surface area contributed by atoms with Crippen molar-refractivity contribution in [2.24, 2.45) is 10.9 Å². The SMILES string of the molecule is CN=C(NCC1CCOc2ccccc21)NC1CCCC(C)C1.I. The standard InChI is InChI=1S/C19H29N3O.HI/c1-14-6-5-7-16(12-14)22-19(20-2)21-13-15-10-11-23-18-9-4-3-8-17(15)18;/h3-4,8-9,14-16H,5-7,10-13H2,1-2H3,(H2,20,21,22);1H. The van der Waals surface area contributed by atoms with Gasteiger partial charge in [0.15, 0.2) is 5.96 Å². The first-order valence-corrected chi connectivity index (χ1v) is 8.95. The van der Waals surface area contributed by atoms with Crippen molar-refractivity contribution in [1.82, 2.24) is 10.6 Å². The van der Waals surface area contributed by atoms with Gasteiger partial charge in [0.2, 0.25) is 0 Å². The van der Waals surface area contributed by atoms with Gasteiger partial charge in [-0.15, -0.1) is 24.0 Å². The molecule has 134 valence electrons. The molecule has 0 amide bonds. The molecule has 1 aromatic carbocycles.